The monoisotopic (exact) mass is 251 g/mol. The van der Waals surface area contributed by atoms with Crippen LogP contribution in [0.3, 0.4) is 0 Å². The normalized spacial score (nSPS) is 9.94. The third kappa shape index (κ3) is 3.48. The first-order chi connectivity index (χ1) is 8.45. The van der Waals surface area contributed by atoms with Crippen LogP contribution in [0.4, 0.5) is 0 Å². The number of carbonyl (C=O) groups excluding carboxylic acids is 1. The van der Waals surface area contributed by atoms with Crippen LogP contribution in [0.5, 0.6) is 5.75 Å². The fraction of sp³-hybridized carbons (Fsp3) is 0.385. The van der Waals surface area contributed by atoms with Crippen LogP contribution in [0.15, 0.2) is 18.2 Å². The molecule has 5 nitrogen and oxygen atoms in total. The summed E-state index contributed by atoms with van der Waals surface area (Å²) in [6.07, 6.45) is -0.0581. The van der Waals surface area contributed by atoms with Crippen molar-refractivity contribution < 1.29 is 19.4 Å². The smallest absolute Gasteiger partial charge is 0.305 e. The average molecular weight is 251 g/mol. The van der Waals surface area contributed by atoms with Gasteiger partial charge in [-0.25, -0.2) is 0 Å². The van der Waals surface area contributed by atoms with Crippen molar-refractivity contribution in [1.82, 2.24) is 4.90 Å². The molecule has 0 aromatic heterocycles. The number of benzene rings is 1. The molecule has 1 amide bonds. The SMILES string of the molecule is COc1ccc(C(=O)N(C)CCC(=O)O)c(C)c1. The number of amides is 1. The Kier molecular flexibility index (Phi) is 4.71. The summed E-state index contributed by atoms with van der Waals surface area (Å²) < 4.78 is 5.07. The summed E-state index contributed by atoms with van der Waals surface area (Å²) in [6, 6.07) is 5.18. The molecule has 0 saturated heterocycles. The van der Waals surface area contributed by atoms with Gasteiger partial charge in [-0.1, -0.05) is 0 Å². The molecule has 1 rings (SSSR count). The first-order valence-corrected chi connectivity index (χ1v) is 5.57. The molecule has 0 bridgehead atoms. The largest absolute Gasteiger partial charge is 0.497 e. The minimum absolute atomic E-state index is 0.0581. The molecule has 0 radical (unpaired) electrons. The van der Waals surface area contributed by atoms with E-state index in [1.807, 2.05) is 6.92 Å². The molecular weight excluding hydrogens is 234 g/mol. The molecule has 1 aromatic rings. The number of nitrogens with zero attached hydrogens (tertiary/aromatic N) is 1. The van der Waals surface area contributed by atoms with Gasteiger partial charge in [0.2, 0.25) is 0 Å². The Bertz CT molecular complexity index is 456. The van der Waals surface area contributed by atoms with E-state index in [9.17, 15) is 9.59 Å². The van der Waals surface area contributed by atoms with E-state index in [1.54, 1.807) is 32.4 Å². The third-order valence-electron chi connectivity index (χ3n) is 2.67. The molecule has 0 spiro atoms. The number of aryl methyl sites for hydroxylation is 1. The van der Waals surface area contributed by atoms with E-state index in [2.05, 4.69) is 0 Å². The fourth-order valence-corrected chi connectivity index (χ4v) is 1.57. The molecule has 0 aliphatic carbocycles. The Hall–Kier alpha value is -2.04. The second kappa shape index (κ2) is 6.05. The molecule has 0 heterocycles. The lowest BCUT2D eigenvalue weighted by atomic mass is 10.1. The van der Waals surface area contributed by atoms with Gasteiger partial charge in [-0.2, -0.15) is 0 Å². The van der Waals surface area contributed by atoms with Crippen molar-refractivity contribution in [2.75, 3.05) is 20.7 Å². The lowest BCUT2D eigenvalue weighted by molar-refractivity contribution is -0.137. The van der Waals surface area contributed by atoms with Gasteiger partial charge in [-0.15, -0.1) is 0 Å². The Balaban J connectivity index is 2.80. The summed E-state index contributed by atoms with van der Waals surface area (Å²) in [5, 5.41) is 8.58. The summed E-state index contributed by atoms with van der Waals surface area (Å²) in [6.45, 7) is 2.01. The summed E-state index contributed by atoms with van der Waals surface area (Å²) >= 11 is 0. The topological polar surface area (TPSA) is 66.8 Å². The van der Waals surface area contributed by atoms with Crippen LogP contribution >= 0.6 is 0 Å². The van der Waals surface area contributed by atoms with Crippen LogP contribution < -0.4 is 4.74 Å². The molecule has 0 fully saturated rings. The van der Waals surface area contributed by atoms with Gasteiger partial charge in [0, 0.05) is 19.2 Å². The first kappa shape index (κ1) is 14.0. The van der Waals surface area contributed by atoms with Crippen molar-refractivity contribution in [2.24, 2.45) is 0 Å². The number of rotatable bonds is 5. The van der Waals surface area contributed by atoms with Crippen LogP contribution in [-0.2, 0) is 4.79 Å². The molecule has 0 aliphatic rings. The minimum atomic E-state index is -0.916. The predicted molar refractivity (Wildman–Crippen MR) is 66.9 cm³/mol. The van der Waals surface area contributed by atoms with Gasteiger partial charge < -0.3 is 14.7 Å². The highest BCUT2D eigenvalue weighted by molar-refractivity contribution is 5.95. The zero-order valence-electron chi connectivity index (χ0n) is 10.8. The van der Waals surface area contributed by atoms with Crippen LogP contribution in [-0.4, -0.2) is 42.6 Å². The van der Waals surface area contributed by atoms with E-state index in [0.29, 0.717) is 11.3 Å². The van der Waals surface area contributed by atoms with E-state index in [0.717, 1.165) is 5.56 Å². The maximum absolute atomic E-state index is 12.1. The lowest BCUT2D eigenvalue weighted by Crippen LogP contribution is -2.29. The van der Waals surface area contributed by atoms with E-state index in [4.69, 9.17) is 9.84 Å². The van der Waals surface area contributed by atoms with E-state index >= 15 is 0 Å². The third-order valence-corrected chi connectivity index (χ3v) is 2.67. The molecule has 0 atom stereocenters. The second-order valence-corrected chi connectivity index (χ2v) is 4.05. The Morgan fingerprint density at radius 1 is 1.39 bits per heavy atom. The number of hydrogen-bond acceptors (Lipinski definition) is 3. The highest BCUT2D eigenvalue weighted by Gasteiger charge is 2.15. The van der Waals surface area contributed by atoms with E-state index in [-0.39, 0.29) is 18.9 Å². The molecule has 5 heteroatoms. The number of ether oxygens (including phenoxy) is 1. The predicted octanol–water partition coefficient (Wildman–Crippen LogP) is 1.55. The average Bonchev–Trinajstić information content (AvgIpc) is 2.34. The first-order valence-electron chi connectivity index (χ1n) is 5.57. The number of carboxylic acid groups (broad SMARTS) is 1. The molecular formula is C13H17NO4. The van der Waals surface area contributed by atoms with Crippen LogP contribution in [0.25, 0.3) is 0 Å². The Morgan fingerprint density at radius 3 is 2.56 bits per heavy atom. The van der Waals surface area contributed by atoms with Crippen molar-refractivity contribution in [3.63, 3.8) is 0 Å². The summed E-state index contributed by atoms with van der Waals surface area (Å²) in [4.78, 5) is 23.9. The highest BCUT2D eigenvalue weighted by Crippen LogP contribution is 2.18. The zero-order chi connectivity index (χ0) is 13.7. The van der Waals surface area contributed by atoms with Crippen LogP contribution in [0.1, 0.15) is 22.3 Å². The maximum Gasteiger partial charge on any atom is 0.305 e. The minimum Gasteiger partial charge on any atom is -0.497 e. The molecule has 0 aliphatic heterocycles. The fourth-order valence-electron chi connectivity index (χ4n) is 1.57. The van der Waals surface area contributed by atoms with Crippen molar-refractivity contribution in [2.45, 2.75) is 13.3 Å². The van der Waals surface area contributed by atoms with Crippen LogP contribution in [0.2, 0.25) is 0 Å². The molecule has 0 saturated carbocycles. The number of methoxy groups -OCH3 is 1. The molecule has 18 heavy (non-hydrogen) atoms. The highest BCUT2D eigenvalue weighted by atomic mass is 16.5. The lowest BCUT2D eigenvalue weighted by Gasteiger charge is -2.17. The number of carboxylic acids is 1. The summed E-state index contributed by atoms with van der Waals surface area (Å²) in [7, 11) is 3.16. The van der Waals surface area contributed by atoms with Crippen molar-refractivity contribution in [1.29, 1.82) is 0 Å². The van der Waals surface area contributed by atoms with Gasteiger partial charge in [0.15, 0.2) is 0 Å². The van der Waals surface area contributed by atoms with Gasteiger partial charge in [0.05, 0.1) is 13.5 Å². The van der Waals surface area contributed by atoms with Crippen molar-refractivity contribution >= 4 is 11.9 Å². The second-order valence-electron chi connectivity index (χ2n) is 4.05. The van der Waals surface area contributed by atoms with E-state index in [1.165, 1.54) is 4.90 Å². The standard InChI is InChI=1S/C13H17NO4/c1-9-8-10(18-3)4-5-11(9)13(17)14(2)7-6-12(15)16/h4-5,8H,6-7H2,1-3H3,(H,15,16). The van der Waals surface area contributed by atoms with Crippen LogP contribution in [0, 0.1) is 6.92 Å². The van der Waals surface area contributed by atoms with Gasteiger partial charge in [-0.3, -0.25) is 9.59 Å². The molecule has 98 valence electrons. The summed E-state index contributed by atoms with van der Waals surface area (Å²) in [5.41, 5.74) is 1.37. The van der Waals surface area contributed by atoms with Gasteiger partial charge in [0.1, 0.15) is 5.75 Å². The molecule has 0 unspecified atom stereocenters. The van der Waals surface area contributed by atoms with Crippen molar-refractivity contribution in [3.05, 3.63) is 29.3 Å². The van der Waals surface area contributed by atoms with E-state index < -0.39 is 5.97 Å². The zero-order valence-corrected chi connectivity index (χ0v) is 10.8. The maximum atomic E-state index is 12.1. The molecule has 1 aromatic carbocycles. The summed E-state index contributed by atoms with van der Waals surface area (Å²) in [5.74, 6) is -0.408. The number of carbonyl (C=O) groups is 2. The Morgan fingerprint density at radius 2 is 2.06 bits per heavy atom. The Labute approximate surface area is 106 Å². The van der Waals surface area contributed by atoms with Gasteiger partial charge in [0.25, 0.3) is 5.91 Å². The van der Waals surface area contributed by atoms with Crippen molar-refractivity contribution in [3.8, 4) is 5.75 Å². The molecule has 1 N–H and O–H groups in total. The van der Waals surface area contributed by atoms with Gasteiger partial charge >= 0.3 is 5.97 Å². The quantitative estimate of drug-likeness (QED) is 0.862. The number of hydrogen-bond donors (Lipinski definition) is 1. The van der Waals surface area contributed by atoms with Gasteiger partial charge in [-0.05, 0) is 30.7 Å². The number of aliphatic carboxylic acids is 1.